The molecule has 1 aromatic carbocycles. The number of anilines is 1. The number of carbonyl (C=O) groups excluding carboxylic acids is 4. The number of rotatable bonds is 6. The number of hydrogen-bond acceptors (Lipinski definition) is 6. The van der Waals surface area contributed by atoms with Crippen molar-refractivity contribution < 1.29 is 28.7 Å². The fourth-order valence-electron chi connectivity index (χ4n) is 3.65. The van der Waals surface area contributed by atoms with E-state index >= 15 is 0 Å². The molecule has 0 aromatic heterocycles. The van der Waals surface area contributed by atoms with Crippen LogP contribution in [0, 0.1) is 5.92 Å². The molecule has 2 fully saturated rings. The Morgan fingerprint density at radius 2 is 1.72 bits per heavy atom. The molecule has 1 N–H and O–H groups in total. The number of ether oxygens (including phenoxy) is 2. The minimum Gasteiger partial charge on any atom is -0.497 e. The quantitative estimate of drug-likeness (QED) is 0.567. The molecule has 0 bridgehead atoms. The molecule has 0 spiro atoms. The molecule has 0 aliphatic carbocycles. The lowest BCUT2D eigenvalue weighted by molar-refractivity contribution is -0.142. The molecule has 4 amide bonds. The summed E-state index contributed by atoms with van der Waals surface area (Å²) in [6.45, 7) is 1.05. The van der Waals surface area contributed by atoms with Crippen LogP contribution in [0.3, 0.4) is 0 Å². The Labute approximate surface area is 168 Å². The minimum atomic E-state index is -0.884. The maximum Gasteiger partial charge on any atom is 0.329 e. The molecular weight excluding hydrogens is 378 g/mol. The van der Waals surface area contributed by atoms with E-state index < -0.39 is 18.0 Å². The summed E-state index contributed by atoms with van der Waals surface area (Å²) in [4.78, 5) is 51.7. The number of nitrogens with one attached hydrogen (secondary N) is 1. The predicted molar refractivity (Wildman–Crippen MR) is 103 cm³/mol. The van der Waals surface area contributed by atoms with Gasteiger partial charge >= 0.3 is 12.0 Å². The largest absolute Gasteiger partial charge is 0.497 e. The van der Waals surface area contributed by atoms with Gasteiger partial charge in [0.2, 0.25) is 5.91 Å². The van der Waals surface area contributed by atoms with Gasteiger partial charge in [0.05, 0.1) is 26.3 Å². The van der Waals surface area contributed by atoms with Crippen LogP contribution >= 0.6 is 0 Å². The molecule has 9 heteroatoms. The topological polar surface area (TPSA) is 105 Å². The van der Waals surface area contributed by atoms with Crippen molar-refractivity contribution in [3.63, 3.8) is 0 Å². The first-order valence-corrected chi connectivity index (χ1v) is 9.56. The van der Waals surface area contributed by atoms with Crippen molar-refractivity contribution in [2.24, 2.45) is 5.92 Å². The first kappa shape index (κ1) is 20.6. The van der Waals surface area contributed by atoms with Gasteiger partial charge in [-0.3, -0.25) is 14.4 Å². The van der Waals surface area contributed by atoms with E-state index in [9.17, 15) is 19.2 Å². The van der Waals surface area contributed by atoms with E-state index in [0.717, 1.165) is 4.90 Å². The van der Waals surface area contributed by atoms with Crippen LogP contribution in [0.2, 0.25) is 0 Å². The normalized spacial score (nSPS) is 19.9. The van der Waals surface area contributed by atoms with Crippen molar-refractivity contribution in [2.75, 3.05) is 32.2 Å². The van der Waals surface area contributed by atoms with Crippen molar-refractivity contribution in [3.05, 3.63) is 24.3 Å². The van der Waals surface area contributed by atoms with Crippen LogP contribution in [0.1, 0.15) is 25.7 Å². The van der Waals surface area contributed by atoms with Gasteiger partial charge in [-0.25, -0.2) is 9.69 Å². The van der Waals surface area contributed by atoms with E-state index in [4.69, 9.17) is 4.74 Å². The molecule has 1 aromatic rings. The van der Waals surface area contributed by atoms with E-state index in [1.807, 2.05) is 0 Å². The maximum atomic E-state index is 12.7. The Morgan fingerprint density at radius 1 is 1.07 bits per heavy atom. The molecule has 156 valence electrons. The van der Waals surface area contributed by atoms with E-state index in [1.54, 1.807) is 29.2 Å². The molecule has 0 saturated carbocycles. The summed E-state index contributed by atoms with van der Waals surface area (Å²) in [5.74, 6) is -0.0634. The third-order valence-corrected chi connectivity index (χ3v) is 5.38. The molecule has 2 aliphatic heterocycles. The third-order valence-electron chi connectivity index (χ3n) is 5.38. The molecule has 0 unspecified atom stereocenters. The summed E-state index contributed by atoms with van der Waals surface area (Å²) in [5, 5.41) is 2.59. The fraction of sp³-hybridized carbons (Fsp3) is 0.500. The van der Waals surface area contributed by atoms with Gasteiger partial charge in [0.15, 0.2) is 0 Å². The van der Waals surface area contributed by atoms with Crippen molar-refractivity contribution in [3.8, 4) is 5.75 Å². The third kappa shape index (κ3) is 4.67. The number of urea groups is 1. The summed E-state index contributed by atoms with van der Waals surface area (Å²) in [6.07, 6.45) is 1.69. The zero-order valence-corrected chi connectivity index (χ0v) is 16.6. The second-order valence-corrected chi connectivity index (χ2v) is 7.18. The van der Waals surface area contributed by atoms with Gasteiger partial charge in [-0.2, -0.15) is 0 Å². The number of likely N-dealkylation sites (tertiary alicyclic amines) is 1. The Hall–Kier alpha value is -3.10. The maximum absolute atomic E-state index is 12.7. The van der Waals surface area contributed by atoms with Crippen LogP contribution in [0.5, 0.6) is 5.75 Å². The van der Waals surface area contributed by atoms with Crippen LogP contribution in [-0.2, 0) is 19.1 Å². The molecule has 29 heavy (non-hydrogen) atoms. The lowest BCUT2D eigenvalue weighted by Gasteiger charge is -2.32. The van der Waals surface area contributed by atoms with Crippen molar-refractivity contribution in [1.82, 2.24) is 10.2 Å². The number of imide groups is 1. The van der Waals surface area contributed by atoms with Crippen molar-refractivity contribution >= 4 is 29.5 Å². The first-order chi connectivity index (χ1) is 13.9. The summed E-state index contributed by atoms with van der Waals surface area (Å²) >= 11 is 0. The summed E-state index contributed by atoms with van der Waals surface area (Å²) < 4.78 is 9.77. The lowest BCUT2D eigenvalue weighted by atomic mass is 9.93. The Bertz CT molecular complexity index is 786. The average molecular weight is 403 g/mol. The molecule has 3 rings (SSSR count). The number of piperidine rings is 1. The van der Waals surface area contributed by atoms with Gasteiger partial charge in [0.25, 0.3) is 5.91 Å². The van der Waals surface area contributed by atoms with Crippen LogP contribution < -0.4 is 15.0 Å². The summed E-state index contributed by atoms with van der Waals surface area (Å²) in [5.41, 5.74) is 0.423. The Balaban J connectivity index is 1.55. The number of amides is 4. The molecule has 2 aliphatic rings. The average Bonchev–Trinajstić information content (AvgIpc) is 3.01. The molecular formula is C20H25N3O6. The molecule has 1 atom stereocenters. The highest BCUT2D eigenvalue weighted by atomic mass is 16.5. The number of nitrogens with zero attached hydrogens (tertiary/aromatic N) is 2. The van der Waals surface area contributed by atoms with Gasteiger partial charge in [-0.1, -0.05) is 0 Å². The fourth-order valence-corrected chi connectivity index (χ4v) is 3.65. The highest BCUT2D eigenvalue weighted by Crippen LogP contribution is 2.25. The highest BCUT2D eigenvalue weighted by molar-refractivity contribution is 6.22. The van der Waals surface area contributed by atoms with E-state index in [2.05, 4.69) is 10.1 Å². The molecule has 2 heterocycles. The Morgan fingerprint density at radius 3 is 2.31 bits per heavy atom. The minimum absolute atomic E-state index is 0.0844. The van der Waals surface area contributed by atoms with E-state index in [0.29, 0.717) is 43.8 Å². The van der Waals surface area contributed by atoms with Gasteiger partial charge in [-0.15, -0.1) is 0 Å². The number of carbonyl (C=O) groups is 4. The van der Waals surface area contributed by atoms with Crippen LogP contribution in [0.25, 0.3) is 0 Å². The highest BCUT2D eigenvalue weighted by Gasteiger charge is 2.41. The summed E-state index contributed by atoms with van der Waals surface area (Å²) in [6, 6.07) is 5.12. The smallest absolute Gasteiger partial charge is 0.329 e. The monoisotopic (exact) mass is 403 g/mol. The second kappa shape index (κ2) is 8.93. The van der Waals surface area contributed by atoms with Crippen LogP contribution in [-0.4, -0.2) is 62.1 Å². The number of benzene rings is 1. The first-order valence-electron chi connectivity index (χ1n) is 9.56. The van der Waals surface area contributed by atoms with Crippen LogP contribution in [0.15, 0.2) is 24.3 Å². The van der Waals surface area contributed by atoms with Gasteiger partial charge in [0.1, 0.15) is 11.8 Å². The second-order valence-electron chi connectivity index (χ2n) is 7.18. The standard InChI is InChI=1S/C20H25N3O6/c1-28-15-5-3-14(4-6-15)23-19(26)16(21-20(23)27)12-17(24)22-9-7-13(8-10-22)11-18(25)29-2/h3-6,13,16H,7-12H2,1-2H3,(H,21,27)/t16-/m0/s1. The number of esters is 1. The molecule has 0 radical (unpaired) electrons. The molecule has 2 saturated heterocycles. The summed E-state index contributed by atoms with van der Waals surface area (Å²) in [7, 11) is 2.89. The van der Waals surface area contributed by atoms with E-state index in [1.165, 1.54) is 14.2 Å². The molecule has 9 nitrogen and oxygen atoms in total. The van der Waals surface area contributed by atoms with Gasteiger partial charge in [-0.05, 0) is 43.0 Å². The SMILES string of the molecule is COC(=O)CC1CCN(C(=O)C[C@@H]2NC(=O)N(c3ccc(OC)cc3)C2=O)CC1. The predicted octanol–water partition coefficient (Wildman–Crippen LogP) is 1.31. The van der Waals surface area contributed by atoms with Gasteiger partial charge < -0.3 is 19.7 Å². The van der Waals surface area contributed by atoms with Gasteiger partial charge in [0, 0.05) is 19.5 Å². The number of methoxy groups -OCH3 is 2. The number of hydrogen-bond donors (Lipinski definition) is 1. The van der Waals surface area contributed by atoms with Crippen molar-refractivity contribution in [2.45, 2.75) is 31.7 Å². The van der Waals surface area contributed by atoms with E-state index in [-0.39, 0.29) is 24.2 Å². The zero-order valence-electron chi connectivity index (χ0n) is 16.6. The van der Waals surface area contributed by atoms with Crippen molar-refractivity contribution in [1.29, 1.82) is 0 Å². The Kier molecular flexibility index (Phi) is 6.36. The zero-order chi connectivity index (χ0) is 21.0. The lowest BCUT2D eigenvalue weighted by Crippen LogP contribution is -2.43. The van der Waals surface area contributed by atoms with Crippen LogP contribution in [0.4, 0.5) is 10.5 Å².